The van der Waals surface area contributed by atoms with E-state index in [9.17, 15) is 9.90 Å². The molecule has 1 N–H and O–H groups in total. The van der Waals surface area contributed by atoms with Gasteiger partial charge < -0.3 is 14.9 Å². The number of rotatable bonds is 4. The lowest BCUT2D eigenvalue weighted by atomic mass is 10.0. The maximum atomic E-state index is 12.5. The topological polar surface area (TPSA) is 56.7 Å². The highest BCUT2D eigenvalue weighted by atomic mass is 32.1. The second-order valence-electron chi connectivity index (χ2n) is 5.90. The van der Waals surface area contributed by atoms with E-state index in [-0.39, 0.29) is 5.91 Å². The second-order valence-corrected chi connectivity index (χ2v) is 6.88. The molecule has 1 aromatic rings. The highest BCUT2D eigenvalue weighted by Gasteiger charge is 2.34. The standard InChI is InChI=1S/C14H23N3O2S/c1-10-11(20-13(15-10)16(2)3)12(18)17(4)9-14(19)7-5-6-8-14/h19H,5-9H2,1-4H3. The minimum atomic E-state index is -0.701. The largest absolute Gasteiger partial charge is 0.388 e. The van der Waals surface area contributed by atoms with E-state index in [1.54, 1.807) is 11.9 Å². The molecule has 1 amide bonds. The van der Waals surface area contributed by atoms with Gasteiger partial charge in [-0.1, -0.05) is 24.2 Å². The number of aliphatic hydroxyl groups is 1. The summed E-state index contributed by atoms with van der Waals surface area (Å²) in [4.78, 5) is 21.1. The Hall–Kier alpha value is -1.14. The van der Waals surface area contributed by atoms with Crippen molar-refractivity contribution in [3.8, 4) is 0 Å². The van der Waals surface area contributed by atoms with Crippen molar-refractivity contribution in [2.24, 2.45) is 0 Å². The molecule has 1 aromatic heterocycles. The van der Waals surface area contributed by atoms with Gasteiger partial charge in [0.05, 0.1) is 11.3 Å². The first kappa shape index (κ1) is 15.3. The summed E-state index contributed by atoms with van der Waals surface area (Å²) in [7, 11) is 5.59. The minimum absolute atomic E-state index is 0.0478. The summed E-state index contributed by atoms with van der Waals surface area (Å²) in [6.45, 7) is 2.26. The van der Waals surface area contributed by atoms with E-state index in [1.165, 1.54) is 11.3 Å². The van der Waals surface area contributed by atoms with Crippen LogP contribution in [0.15, 0.2) is 0 Å². The number of thiazole rings is 1. The predicted octanol–water partition coefficient (Wildman–Crippen LogP) is 1.89. The van der Waals surface area contributed by atoms with Gasteiger partial charge in [0.2, 0.25) is 0 Å². The Bertz CT molecular complexity index is 493. The fourth-order valence-electron chi connectivity index (χ4n) is 2.65. The van der Waals surface area contributed by atoms with Crippen LogP contribution in [0, 0.1) is 6.92 Å². The van der Waals surface area contributed by atoms with Crippen molar-refractivity contribution in [1.29, 1.82) is 0 Å². The molecule has 5 nitrogen and oxygen atoms in total. The molecule has 2 rings (SSSR count). The molecule has 112 valence electrons. The summed E-state index contributed by atoms with van der Waals surface area (Å²) < 4.78 is 0. The fourth-order valence-corrected chi connectivity index (χ4v) is 3.63. The molecule has 1 saturated carbocycles. The maximum Gasteiger partial charge on any atom is 0.265 e. The summed E-state index contributed by atoms with van der Waals surface area (Å²) in [5.74, 6) is -0.0478. The number of aryl methyl sites for hydroxylation is 1. The summed E-state index contributed by atoms with van der Waals surface area (Å²) in [5.41, 5.74) is 0.0573. The number of hydrogen-bond acceptors (Lipinski definition) is 5. The number of nitrogens with zero attached hydrogens (tertiary/aromatic N) is 3. The monoisotopic (exact) mass is 297 g/mol. The Kier molecular flexibility index (Phi) is 4.34. The van der Waals surface area contributed by atoms with Gasteiger partial charge in [-0.05, 0) is 19.8 Å². The number of carbonyl (C=O) groups is 1. The van der Waals surface area contributed by atoms with Gasteiger partial charge in [0, 0.05) is 27.7 Å². The molecule has 0 aliphatic heterocycles. The molecule has 0 spiro atoms. The first-order valence-electron chi connectivity index (χ1n) is 6.95. The van der Waals surface area contributed by atoms with Gasteiger partial charge in [-0.15, -0.1) is 0 Å². The van der Waals surface area contributed by atoms with E-state index in [4.69, 9.17) is 0 Å². The Morgan fingerprint density at radius 2 is 1.95 bits per heavy atom. The third-order valence-electron chi connectivity index (χ3n) is 3.77. The zero-order chi connectivity index (χ0) is 14.9. The molecule has 0 radical (unpaired) electrons. The molecular weight excluding hydrogens is 274 g/mol. The Morgan fingerprint density at radius 3 is 2.45 bits per heavy atom. The molecule has 0 atom stereocenters. The van der Waals surface area contributed by atoms with Gasteiger partial charge in [0.1, 0.15) is 4.88 Å². The molecule has 6 heteroatoms. The van der Waals surface area contributed by atoms with Gasteiger partial charge in [-0.3, -0.25) is 4.79 Å². The van der Waals surface area contributed by atoms with Crippen LogP contribution in [0.1, 0.15) is 41.0 Å². The van der Waals surface area contributed by atoms with Crippen molar-refractivity contribution < 1.29 is 9.90 Å². The Labute approximate surface area is 124 Å². The van der Waals surface area contributed by atoms with Crippen LogP contribution < -0.4 is 4.90 Å². The number of amides is 1. The zero-order valence-corrected chi connectivity index (χ0v) is 13.5. The summed E-state index contributed by atoms with van der Waals surface area (Å²) in [5, 5.41) is 11.2. The summed E-state index contributed by atoms with van der Waals surface area (Å²) in [6.07, 6.45) is 3.66. The van der Waals surface area contributed by atoms with E-state index >= 15 is 0 Å². The third-order valence-corrected chi connectivity index (χ3v) is 5.09. The van der Waals surface area contributed by atoms with Crippen LogP contribution in [-0.4, -0.2) is 54.2 Å². The molecule has 1 aliphatic carbocycles. The smallest absolute Gasteiger partial charge is 0.265 e. The van der Waals surface area contributed by atoms with Gasteiger partial charge in [0.25, 0.3) is 5.91 Å². The Balaban J connectivity index is 2.10. The van der Waals surface area contributed by atoms with Crippen LogP contribution in [0.25, 0.3) is 0 Å². The fraction of sp³-hybridized carbons (Fsp3) is 0.714. The van der Waals surface area contributed by atoms with Gasteiger partial charge >= 0.3 is 0 Å². The molecule has 1 aliphatic rings. The van der Waals surface area contributed by atoms with Gasteiger partial charge in [-0.2, -0.15) is 0 Å². The lowest BCUT2D eigenvalue weighted by Crippen LogP contribution is -2.42. The van der Waals surface area contributed by atoms with Crippen molar-refractivity contribution in [2.75, 3.05) is 32.6 Å². The summed E-state index contributed by atoms with van der Waals surface area (Å²) in [6, 6.07) is 0. The molecule has 20 heavy (non-hydrogen) atoms. The van der Waals surface area contributed by atoms with Crippen LogP contribution in [0.2, 0.25) is 0 Å². The maximum absolute atomic E-state index is 12.5. The molecule has 1 heterocycles. The molecule has 0 saturated heterocycles. The normalized spacial score (nSPS) is 17.2. The average Bonchev–Trinajstić information content (AvgIpc) is 2.95. The van der Waals surface area contributed by atoms with Gasteiger partial charge in [-0.25, -0.2) is 4.98 Å². The highest BCUT2D eigenvalue weighted by molar-refractivity contribution is 7.17. The molecule has 0 bridgehead atoms. The van der Waals surface area contributed by atoms with E-state index in [0.717, 1.165) is 36.5 Å². The zero-order valence-electron chi connectivity index (χ0n) is 12.6. The van der Waals surface area contributed by atoms with E-state index < -0.39 is 5.60 Å². The first-order chi connectivity index (χ1) is 9.32. The number of anilines is 1. The predicted molar refractivity (Wildman–Crippen MR) is 81.6 cm³/mol. The van der Waals surface area contributed by atoms with Crippen LogP contribution in [0.3, 0.4) is 0 Å². The lowest BCUT2D eigenvalue weighted by Gasteiger charge is -2.28. The average molecular weight is 297 g/mol. The Morgan fingerprint density at radius 1 is 1.35 bits per heavy atom. The SMILES string of the molecule is Cc1nc(N(C)C)sc1C(=O)N(C)CC1(O)CCCC1. The van der Waals surface area contributed by atoms with E-state index in [0.29, 0.717) is 11.4 Å². The minimum Gasteiger partial charge on any atom is -0.388 e. The van der Waals surface area contributed by atoms with Crippen molar-refractivity contribution in [1.82, 2.24) is 9.88 Å². The number of hydrogen-bond donors (Lipinski definition) is 1. The van der Waals surface area contributed by atoms with E-state index in [2.05, 4.69) is 4.98 Å². The number of carbonyl (C=O) groups excluding carboxylic acids is 1. The number of likely N-dealkylation sites (N-methyl/N-ethyl adjacent to an activating group) is 1. The molecule has 1 fully saturated rings. The van der Waals surface area contributed by atoms with Crippen LogP contribution in [-0.2, 0) is 0 Å². The van der Waals surface area contributed by atoms with Crippen LogP contribution in [0.5, 0.6) is 0 Å². The van der Waals surface area contributed by atoms with Crippen molar-refractivity contribution in [3.63, 3.8) is 0 Å². The highest BCUT2D eigenvalue weighted by Crippen LogP contribution is 2.31. The van der Waals surface area contributed by atoms with Crippen molar-refractivity contribution >= 4 is 22.4 Å². The lowest BCUT2D eigenvalue weighted by molar-refractivity contribution is 0.0158. The third kappa shape index (κ3) is 3.12. The van der Waals surface area contributed by atoms with E-state index in [1.807, 2.05) is 25.9 Å². The quantitative estimate of drug-likeness (QED) is 0.922. The second kappa shape index (κ2) is 5.69. The summed E-state index contributed by atoms with van der Waals surface area (Å²) >= 11 is 1.40. The number of aromatic nitrogens is 1. The van der Waals surface area contributed by atoms with Gasteiger partial charge in [0.15, 0.2) is 5.13 Å². The molecule has 0 aromatic carbocycles. The molecular formula is C14H23N3O2S. The van der Waals surface area contributed by atoms with Crippen molar-refractivity contribution in [3.05, 3.63) is 10.6 Å². The first-order valence-corrected chi connectivity index (χ1v) is 7.77. The molecule has 0 unspecified atom stereocenters. The van der Waals surface area contributed by atoms with Crippen LogP contribution in [0.4, 0.5) is 5.13 Å². The van der Waals surface area contributed by atoms with Crippen LogP contribution >= 0.6 is 11.3 Å². The van der Waals surface area contributed by atoms with Crippen molar-refractivity contribution in [2.45, 2.75) is 38.2 Å².